The number of fused-ring (bicyclic) bond motifs is 1. The minimum Gasteiger partial charge on any atom is -0.369 e. The number of aromatic nitrogens is 4. The fourth-order valence-electron chi connectivity index (χ4n) is 4.32. The van der Waals surface area contributed by atoms with Crippen molar-refractivity contribution in [1.29, 1.82) is 0 Å². The monoisotopic (exact) mass is 507 g/mol. The van der Waals surface area contributed by atoms with Gasteiger partial charge in [0.25, 0.3) is 0 Å². The van der Waals surface area contributed by atoms with Gasteiger partial charge in [0.1, 0.15) is 22.9 Å². The maximum atomic E-state index is 12.8. The number of aryl methyl sites for hydroxylation is 1. The standard InChI is InChI=1S/C24H32F3N7S/c1-5-15(23(3,4)28)8-10-30-20-17(13(2)32-22(34-20)31-12-24(25,26)27)21-33-19-16(35-21)9-11-29-18(19)14-6-7-14/h9,11,14-15H,5-8,10,12,28H2,1-4H3,(H2,30,31,32,34). The maximum absolute atomic E-state index is 12.8. The van der Waals surface area contributed by atoms with Crippen molar-refractivity contribution in [3.8, 4) is 10.6 Å². The third kappa shape index (κ3) is 6.19. The zero-order valence-corrected chi connectivity index (χ0v) is 21.3. The number of halogens is 3. The summed E-state index contributed by atoms with van der Waals surface area (Å²) in [5.74, 6) is 1.12. The second-order valence-corrected chi connectivity index (χ2v) is 10.8. The molecule has 0 spiro atoms. The highest BCUT2D eigenvalue weighted by Crippen LogP contribution is 2.44. The number of nitrogens with two attached hydrogens (primary N) is 1. The Balaban J connectivity index is 1.68. The molecule has 3 aromatic rings. The second-order valence-electron chi connectivity index (χ2n) is 9.80. The number of alkyl halides is 3. The lowest BCUT2D eigenvalue weighted by molar-refractivity contribution is -0.115. The van der Waals surface area contributed by atoms with E-state index in [4.69, 9.17) is 10.7 Å². The summed E-state index contributed by atoms with van der Waals surface area (Å²) in [5, 5.41) is 6.37. The van der Waals surface area contributed by atoms with Crippen LogP contribution in [-0.4, -0.2) is 44.7 Å². The Kier molecular flexibility index (Phi) is 7.19. The number of thiazole rings is 1. The molecule has 3 heterocycles. The average Bonchev–Trinajstić information content (AvgIpc) is 3.51. The largest absolute Gasteiger partial charge is 0.405 e. The van der Waals surface area contributed by atoms with Crippen molar-refractivity contribution < 1.29 is 13.2 Å². The first-order valence-corrected chi connectivity index (χ1v) is 12.8. The molecular weight excluding hydrogens is 475 g/mol. The van der Waals surface area contributed by atoms with Crippen molar-refractivity contribution >= 4 is 33.3 Å². The summed E-state index contributed by atoms with van der Waals surface area (Å²) in [6.45, 7) is 7.25. The van der Waals surface area contributed by atoms with Crippen LogP contribution in [0.3, 0.4) is 0 Å². The highest BCUT2D eigenvalue weighted by molar-refractivity contribution is 7.21. The van der Waals surface area contributed by atoms with E-state index in [0.29, 0.717) is 29.5 Å². The average molecular weight is 508 g/mol. The molecule has 3 aromatic heterocycles. The Morgan fingerprint density at radius 2 is 1.91 bits per heavy atom. The Morgan fingerprint density at radius 3 is 2.54 bits per heavy atom. The first kappa shape index (κ1) is 25.6. The van der Waals surface area contributed by atoms with Gasteiger partial charge in [0.05, 0.1) is 21.7 Å². The molecule has 190 valence electrons. The zero-order valence-electron chi connectivity index (χ0n) is 20.5. The third-order valence-corrected chi connectivity index (χ3v) is 7.42. The van der Waals surface area contributed by atoms with Crippen LogP contribution in [-0.2, 0) is 0 Å². The molecule has 0 aromatic carbocycles. The molecule has 0 saturated heterocycles. The number of hydrogen-bond acceptors (Lipinski definition) is 8. The van der Waals surface area contributed by atoms with Crippen molar-refractivity contribution in [2.75, 3.05) is 23.7 Å². The molecule has 1 unspecified atom stereocenters. The molecule has 0 radical (unpaired) electrons. The highest BCUT2D eigenvalue weighted by Gasteiger charge is 2.30. The number of hydrogen-bond donors (Lipinski definition) is 3. The van der Waals surface area contributed by atoms with Crippen LogP contribution >= 0.6 is 11.3 Å². The van der Waals surface area contributed by atoms with E-state index in [9.17, 15) is 13.2 Å². The Bertz CT molecular complexity index is 1180. The van der Waals surface area contributed by atoms with Gasteiger partial charge in [-0.2, -0.15) is 18.2 Å². The Morgan fingerprint density at radius 1 is 1.17 bits per heavy atom. The van der Waals surface area contributed by atoms with Gasteiger partial charge in [0.2, 0.25) is 5.95 Å². The quantitative estimate of drug-likeness (QED) is 0.315. The molecule has 0 aliphatic heterocycles. The van der Waals surface area contributed by atoms with Gasteiger partial charge in [-0.25, -0.2) is 9.97 Å². The summed E-state index contributed by atoms with van der Waals surface area (Å²) in [4.78, 5) is 18.2. The second kappa shape index (κ2) is 9.85. The van der Waals surface area contributed by atoms with Crippen LogP contribution in [0, 0.1) is 12.8 Å². The van der Waals surface area contributed by atoms with Crippen molar-refractivity contribution in [2.24, 2.45) is 11.7 Å². The van der Waals surface area contributed by atoms with Crippen molar-refractivity contribution in [3.63, 3.8) is 0 Å². The molecule has 35 heavy (non-hydrogen) atoms. The van der Waals surface area contributed by atoms with Gasteiger partial charge in [-0.15, -0.1) is 11.3 Å². The molecule has 1 fully saturated rings. The van der Waals surface area contributed by atoms with E-state index in [1.807, 2.05) is 26.1 Å². The van der Waals surface area contributed by atoms with Gasteiger partial charge in [-0.05, 0) is 52.0 Å². The van der Waals surface area contributed by atoms with Crippen molar-refractivity contribution in [2.45, 2.75) is 71.0 Å². The Labute approximate surface area is 207 Å². The molecule has 4 N–H and O–H groups in total. The topological polar surface area (TPSA) is 102 Å². The van der Waals surface area contributed by atoms with Crippen LogP contribution in [0.5, 0.6) is 0 Å². The van der Waals surface area contributed by atoms with E-state index >= 15 is 0 Å². The lowest BCUT2D eigenvalue weighted by Crippen LogP contribution is -2.41. The maximum Gasteiger partial charge on any atom is 0.405 e. The molecule has 1 saturated carbocycles. The summed E-state index contributed by atoms with van der Waals surface area (Å²) in [6.07, 6.45) is 1.39. The van der Waals surface area contributed by atoms with Gasteiger partial charge >= 0.3 is 6.18 Å². The predicted molar refractivity (Wildman–Crippen MR) is 135 cm³/mol. The van der Waals surface area contributed by atoms with E-state index in [2.05, 4.69) is 32.5 Å². The van der Waals surface area contributed by atoms with Crippen molar-refractivity contribution in [1.82, 2.24) is 19.9 Å². The van der Waals surface area contributed by atoms with Crippen LogP contribution in [0.1, 0.15) is 63.8 Å². The van der Waals surface area contributed by atoms with Crippen LogP contribution < -0.4 is 16.4 Å². The summed E-state index contributed by atoms with van der Waals surface area (Å²) >= 11 is 1.52. The molecule has 7 nitrogen and oxygen atoms in total. The smallest absolute Gasteiger partial charge is 0.369 e. The molecule has 1 aliphatic rings. The predicted octanol–water partition coefficient (Wildman–Crippen LogP) is 5.87. The molecule has 11 heteroatoms. The van der Waals surface area contributed by atoms with Gasteiger partial charge in [-0.3, -0.25) is 4.98 Å². The molecule has 4 rings (SSSR count). The van der Waals surface area contributed by atoms with Gasteiger partial charge < -0.3 is 16.4 Å². The summed E-state index contributed by atoms with van der Waals surface area (Å²) in [6, 6.07) is 1.94. The fourth-order valence-corrected chi connectivity index (χ4v) is 5.39. The van der Waals surface area contributed by atoms with E-state index < -0.39 is 12.7 Å². The lowest BCUT2D eigenvalue weighted by atomic mass is 9.84. The zero-order chi connectivity index (χ0) is 25.4. The number of anilines is 2. The van der Waals surface area contributed by atoms with Crippen LogP contribution in [0.2, 0.25) is 0 Å². The molecule has 1 aliphatic carbocycles. The Hall–Kier alpha value is -2.53. The van der Waals surface area contributed by atoms with Gasteiger partial charge in [0.15, 0.2) is 0 Å². The minimum absolute atomic E-state index is 0.0706. The fraction of sp³-hybridized carbons (Fsp3) is 0.583. The molecular formula is C24H32F3N7S. The van der Waals surface area contributed by atoms with Crippen LogP contribution in [0.15, 0.2) is 12.3 Å². The first-order valence-electron chi connectivity index (χ1n) is 11.9. The van der Waals surface area contributed by atoms with E-state index in [1.54, 1.807) is 6.92 Å². The van der Waals surface area contributed by atoms with E-state index in [1.165, 1.54) is 11.3 Å². The van der Waals surface area contributed by atoms with Gasteiger partial charge in [0, 0.05) is 24.2 Å². The third-order valence-electron chi connectivity index (χ3n) is 6.38. The molecule has 0 amide bonds. The minimum atomic E-state index is -4.37. The van der Waals surface area contributed by atoms with Gasteiger partial charge in [-0.1, -0.05) is 13.3 Å². The van der Waals surface area contributed by atoms with E-state index in [-0.39, 0.29) is 17.4 Å². The number of nitrogens with one attached hydrogen (secondary N) is 2. The number of nitrogens with zero attached hydrogens (tertiary/aromatic N) is 4. The van der Waals surface area contributed by atoms with E-state index in [0.717, 1.165) is 46.6 Å². The summed E-state index contributed by atoms with van der Waals surface area (Å²) < 4.78 is 39.4. The lowest BCUT2D eigenvalue weighted by Gasteiger charge is -2.30. The van der Waals surface area contributed by atoms with Crippen LogP contribution in [0.25, 0.3) is 20.8 Å². The van der Waals surface area contributed by atoms with Crippen LogP contribution in [0.4, 0.5) is 24.9 Å². The normalized spacial score (nSPS) is 15.4. The number of pyridine rings is 1. The number of rotatable bonds is 10. The SMILES string of the molecule is CCC(CCNc1nc(NCC(F)(F)F)nc(C)c1-c1nc2c(C3CC3)nccc2s1)C(C)(C)N. The van der Waals surface area contributed by atoms with Crippen molar-refractivity contribution in [3.05, 3.63) is 23.7 Å². The highest BCUT2D eigenvalue weighted by atomic mass is 32.1. The summed E-state index contributed by atoms with van der Waals surface area (Å²) in [5.41, 5.74) is 9.14. The summed E-state index contributed by atoms with van der Waals surface area (Å²) in [7, 11) is 0. The first-order chi connectivity index (χ1) is 16.5. The molecule has 0 bridgehead atoms. The molecule has 1 atom stereocenters.